The lowest BCUT2D eigenvalue weighted by atomic mass is 10.0. The highest BCUT2D eigenvalue weighted by molar-refractivity contribution is 7.92. The van der Waals surface area contributed by atoms with E-state index in [9.17, 15) is 13.2 Å². The van der Waals surface area contributed by atoms with Crippen molar-refractivity contribution in [2.45, 2.75) is 61.8 Å². The van der Waals surface area contributed by atoms with Gasteiger partial charge >= 0.3 is 6.09 Å². The highest BCUT2D eigenvalue weighted by atomic mass is 32.2. The summed E-state index contributed by atoms with van der Waals surface area (Å²) in [5.41, 5.74) is -1.55. The molecule has 1 amide bonds. The molecule has 2 heterocycles. The summed E-state index contributed by atoms with van der Waals surface area (Å²) in [6.07, 6.45) is -0.595. The Morgan fingerprint density at radius 2 is 1.90 bits per heavy atom. The number of hydrogen-bond acceptors (Lipinski definition) is 7. The van der Waals surface area contributed by atoms with Crippen LogP contribution in [0.25, 0.3) is 0 Å². The molecule has 0 N–H and O–H groups in total. The lowest BCUT2D eigenvalue weighted by Crippen LogP contribution is -2.49. The zero-order chi connectivity index (χ0) is 21.7. The molecule has 1 aromatic carbocycles. The SMILES string of the molecule is CC(C)(C)OC(=O)N1C[C@H](S(=O)(=O)c2ccc(C#N)cc2)[C@]2(COC(C)(C)O2)C1. The van der Waals surface area contributed by atoms with Crippen LogP contribution in [-0.2, 0) is 24.0 Å². The van der Waals surface area contributed by atoms with E-state index in [4.69, 9.17) is 19.5 Å². The summed E-state index contributed by atoms with van der Waals surface area (Å²) >= 11 is 0. The van der Waals surface area contributed by atoms with E-state index in [1.807, 2.05) is 6.07 Å². The molecule has 0 saturated carbocycles. The van der Waals surface area contributed by atoms with Crippen LogP contribution in [0.15, 0.2) is 29.2 Å². The predicted molar refractivity (Wildman–Crippen MR) is 104 cm³/mol. The van der Waals surface area contributed by atoms with E-state index in [2.05, 4.69) is 0 Å². The number of hydrogen-bond donors (Lipinski definition) is 0. The Labute approximate surface area is 171 Å². The van der Waals surface area contributed by atoms with E-state index < -0.39 is 38.2 Å². The maximum Gasteiger partial charge on any atom is 0.410 e. The molecule has 2 saturated heterocycles. The first-order valence-electron chi connectivity index (χ1n) is 9.34. The van der Waals surface area contributed by atoms with Crippen molar-refractivity contribution in [2.75, 3.05) is 19.7 Å². The van der Waals surface area contributed by atoms with Crippen LogP contribution < -0.4 is 0 Å². The maximum atomic E-state index is 13.5. The summed E-state index contributed by atoms with van der Waals surface area (Å²) in [7, 11) is -3.88. The molecule has 9 heteroatoms. The van der Waals surface area contributed by atoms with Crippen molar-refractivity contribution >= 4 is 15.9 Å². The number of sulfone groups is 1. The number of nitriles is 1. The fourth-order valence-corrected chi connectivity index (χ4v) is 5.64. The van der Waals surface area contributed by atoms with Crippen molar-refractivity contribution in [1.82, 2.24) is 4.90 Å². The third-order valence-electron chi connectivity index (χ3n) is 4.88. The smallest absolute Gasteiger partial charge is 0.410 e. The monoisotopic (exact) mass is 422 g/mol. The molecule has 2 atom stereocenters. The third-order valence-corrected chi connectivity index (χ3v) is 7.14. The first-order valence-corrected chi connectivity index (χ1v) is 10.9. The molecular weight excluding hydrogens is 396 g/mol. The van der Waals surface area contributed by atoms with E-state index in [-0.39, 0.29) is 24.6 Å². The van der Waals surface area contributed by atoms with Gasteiger partial charge in [-0.1, -0.05) is 0 Å². The number of likely N-dealkylation sites (tertiary alicyclic amines) is 1. The molecule has 1 aromatic rings. The molecule has 0 bridgehead atoms. The number of carbonyl (C=O) groups excluding carboxylic acids is 1. The predicted octanol–water partition coefficient (Wildman–Crippen LogP) is 2.47. The zero-order valence-corrected chi connectivity index (χ0v) is 18.1. The minimum atomic E-state index is -3.88. The van der Waals surface area contributed by atoms with E-state index in [0.29, 0.717) is 5.56 Å². The fourth-order valence-electron chi connectivity index (χ4n) is 3.67. The Balaban J connectivity index is 1.97. The molecule has 0 aromatic heterocycles. The van der Waals surface area contributed by atoms with Gasteiger partial charge in [-0.15, -0.1) is 0 Å². The Morgan fingerprint density at radius 1 is 1.28 bits per heavy atom. The second-order valence-electron chi connectivity index (χ2n) is 8.89. The van der Waals surface area contributed by atoms with Gasteiger partial charge in [-0.2, -0.15) is 5.26 Å². The number of benzene rings is 1. The molecule has 0 unspecified atom stereocenters. The lowest BCUT2D eigenvalue weighted by Gasteiger charge is -2.29. The van der Waals surface area contributed by atoms with Crippen LogP contribution in [0.4, 0.5) is 4.79 Å². The number of carbonyl (C=O) groups is 1. The van der Waals surface area contributed by atoms with Crippen LogP contribution in [0.2, 0.25) is 0 Å². The summed E-state index contributed by atoms with van der Waals surface area (Å²) in [6, 6.07) is 7.68. The van der Waals surface area contributed by atoms with Crippen molar-refractivity contribution in [3.05, 3.63) is 29.8 Å². The molecule has 2 aliphatic rings. The second kappa shape index (κ2) is 6.97. The molecule has 1 spiro atoms. The van der Waals surface area contributed by atoms with E-state index in [1.54, 1.807) is 34.6 Å². The maximum absolute atomic E-state index is 13.5. The normalized spacial score (nSPS) is 26.5. The topological polar surface area (TPSA) is 106 Å². The average molecular weight is 423 g/mol. The van der Waals surface area contributed by atoms with Crippen molar-refractivity contribution < 1.29 is 27.4 Å². The molecule has 2 fully saturated rings. The number of nitrogens with zero attached hydrogens (tertiary/aromatic N) is 2. The van der Waals surface area contributed by atoms with Crippen LogP contribution in [-0.4, -0.2) is 61.3 Å². The van der Waals surface area contributed by atoms with Crippen molar-refractivity contribution in [3.63, 3.8) is 0 Å². The van der Waals surface area contributed by atoms with Gasteiger partial charge in [0.2, 0.25) is 0 Å². The van der Waals surface area contributed by atoms with Gasteiger partial charge in [-0.25, -0.2) is 13.2 Å². The highest BCUT2D eigenvalue weighted by Gasteiger charge is 2.61. The molecule has 3 rings (SSSR count). The molecule has 0 radical (unpaired) electrons. The van der Waals surface area contributed by atoms with Crippen LogP contribution in [0.5, 0.6) is 0 Å². The Hall–Kier alpha value is -2.15. The summed E-state index contributed by atoms with van der Waals surface area (Å²) < 4.78 is 44.1. The Morgan fingerprint density at radius 3 is 2.38 bits per heavy atom. The van der Waals surface area contributed by atoms with Gasteiger partial charge in [0.1, 0.15) is 16.5 Å². The lowest BCUT2D eigenvalue weighted by molar-refractivity contribution is -0.157. The average Bonchev–Trinajstić information content (AvgIpc) is 3.13. The third kappa shape index (κ3) is 4.25. The first kappa shape index (κ1) is 21.6. The summed E-state index contributed by atoms with van der Waals surface area (Å²) in [4.78, 5) is 14.1. The number of rotatable bonds is 2. The second-order valence-corrected chi connectivity index (χ2v) is 11.0. The van der Waals surface area contributed by atoms with Gasteiger partial charge in [-0.3, -0.25) is 0 Å². The van der Waals surface area contributed by atoms with Gasteiger partial charge in [0.05, 0.1) is 29.7 Å². The van der Waals surface area contributed by atoms with E-state index in [1.165, 1.54) is 29.2 Å². The largest absolute Gasteiger partial charge is 0.444 e. The summed E-state index contributed by atoms with van der Waals surface area (Å²) in [6.45, 7) is 8.69. The van der Waals surface area contributed by atoms with Crippen LogP contribution in [0.3, 0.4) is 0 Å². The van der Waals surface area contributed by atoms with Crippen LogP contribution in [0.1, 0.15) is 40.2 Å². The van der Waals surface area contributed by atoms with Crippen molar-refractivity contribution in [2.24, 2.45) is 0 Å². The fraction of sp³-hybridized carbons (Fsp3) is 0.600. The standard InChI is InChI=1S/C20H26N2O6S/c1-18(2,3)27-17(23)22-11-16(20(12-22)13-26-19(4,5)28-20)29(24,25)15-8-6-14(10-21)7-9-15/h6-9,16H,11-13H2,1-5H3/t16-,20+/m0/s1. The number of amides is 1. The molecule has 29 heavy (non-hydrogen) atoms. The molecule has 8 nitrogen and oxygen atoms in total. The summed E-state index contributed by atoms with van der Waals surface area (Å²) in [5, 5.41) is 7.93. The van der Waals surface area contributed by atoms with Gasteiger partial charge in [0.15, 0.2) is 15.6 Å². The minimum Gasteiger partial charge on any atom is -0.444 e. The van der Waals surface area contributed by atoms with Gasteiger partial charge in [0.25, 0.3) is 0 Å². The van der Waals surface area contributed by atoms with Gasteiger partial charge in [-0.05, 0) is 58.9 Å². The quantitative estimate of drug-likeness (QED) is 0.721. The van der Waals surface area contributed by atoms with Gasteiger partial charge in [0, 0.05) is 6.54 Å². The highest BCUT2D eigenvalue weighted by Crippen LogP contribution is 2.42. The molecule has 0 aliphatic carbocycles. The van der Waals surface area contributed by atoms with E-state index in [0.717, 1.165) is 0 Å². The first-order chi connectivity index (χ1) is 13.3. The Kier molecular flexibility index (Phi) is 5.18. The van der Waals surface area contributed by atoms with Crippen LogP contribution >= 0.6 is 0 Å². The molecular formula is C20H26N2O6S. The van der Waals surface area contributed by atoms with E-state index >= 15 is 0 Å². The van der Waals surface area contributed by atoms with Crippen molar-refractivity contribution in [1.29, 1.82) is 5.26 Å². The molecule has 2 aliphatic heterocycles. The summed E-state index contributed by atoms with van der Waals surface area (Å²) in [5.74, 6) is -0.970. The van der Waals surface area contributed by atoms with Gasteiger partial charge < -0.3 is 19.1 Å². The van der Waals surface area contributed by atoms with Crippen LogP contribution in [0, 0.1) is 11.3 Å². The van der Waals surface area contributed by atoms with Crippen molar-refractivity contribution in [3.8, 4) is 6.07 Å². The zero-order valence-electron chi connectivity index (χ0n) is 17.3. The molecule has 158 valence electrons. The Bertz CT molecular complexity index is 943. The minimum absolute atomic E-state index is 0.0411. The number of ether oxygens (including phenoxy) is 3.